The van der Waals surface area contributed by atoms with E-state index in [9.17, 15) is 14.0 Å². The van der Waals surface area contributed by atoms with E-state index in [2.05, 4.69) is 17.2 Å². The number of hydrogen-bond donors (Lipinski definition) is 2. The summed E-state index contributed by atoms with van der Waals surface area (Å²) in [5, 5.41) is 3.36. The molecule has 0 aliphatic carbocycles. The number of nitrogens with one attached hydrogen (secondary N) is 2. The number of aromatic nitrogens is 2. The maximum absolute atomic E-state index is 13.9. The normalized spacial score (nSPS) is 10.9. The number of H-pyrrole nitrogens is 1. The van der Waals surface area contributed by atoms with Crippen LogP contribution >= 0.6 is 0 Å². The number of aryl methyl sites for hydroxylation is 1. The van der Waals surface area contributed by atoms with E-state index < -0.39 is 11.7 Å². The summed E-state index contributed by atoms with van der Waals surface area (Å²) >= 11 is 0. The Kier molecular flexibility index (Phi) is 5.10. The van der Waals surface area contributed by atoms with Gasteiger partial charge in [0, 0.05) is 23.2 Å². The molecule has 0 saturated heterocycles. The van der Waals surface area contributed by atoms with Crippen LogP contribution in [0.25, 0.3) is 16.7 Å². The maximum Gasteiger partial charge on any atom is 0.272 e. The minimum atomic E-state index is -0.573. The number of carbonyl (C=O) groups is 1. The highest BCUT2D eigenvalue weighted by molar-refractivity contribution is 6.05. The molecule has 0 saturated carbocycles. The second kappa shape index (κ2) is 7.87. The molecular weight excluding hydrogens is 385 g/mol. The van der Waals surface area contributed by atoms with Crippen LogP contribution in [-0.2, 0) is 6.42 Å². The van der Waals surface area contributed by atoms with Gasteiger partial charge in [-0.2, -0.15) is 0 Å². The van der Waals surface area contributed by atoms with Crippen molar-refractivity contribution >= 4 is 22.6 Å². The zero-order chi connectivity index (χ0) is 21.3. The van der Waals surface area contributed by atoms with Crippen LogP contribution in [0.2, 0.25) is 0 Å². The van der Waals surface area contributed by atoms with Crippen LogP contribution in [0.1, 0.15) is 23.0 Å². The summed E-state index contributed by atoms with van der Waals surface area (Å²) in [5.41, 5.74) is 2.72. The first-order chi connectivity index (χ1) is 14.5. The number of halogens is 1. The first-order valence-electron chi connectivity index (χ1n) is 9.49. The number of nitrogens with zero attached hydrogens (tertiary/aromatic N) is 1. The molecule has 0 aliphatic rings. The van der Waals surface area contributed by atoms with Crippen molar-refractivity contribution in [2.45, 2.75) is 13.3 Å². The van der Waals surface area contributed by atoms with Gasteiger partial charge in [-0.25, -0.2) is 4.39 Å². The highest BCUT2D eigenvalue weighted by Gasteiger charge is 2.14. The molecule has 0 fully saturated rings. The van der Waals surface area contributed by atoms with Gasteiger partial charge in [-0.3, -0.25) is 14.2 Å². The molecule has 2 heterocycles. The standard InChI is InChI=1S/C23H20FN3O3/c1-3-14-4-8-17(9-5-14)27-21(28)11-6-15-12-19(26-22(15)27)23(29)25-16-7-10-20(30-2)18(24)13-16/h4-13,26H,3H2,1-2H3,(H,25,29). The van der Waals surface area contributed by atoms with Crippen LogP contribution < -0.4 is 15.6 Å². The monoisotopic (exact) mass is 405 g/mol. The summed E-state index contributed by atoms with van der Waals surface area (Å²) in [5.74, 6) is -0.927. The molecule has 2 aromatic heterocycles. The number of aromatic amines is 1. The molecule has 0 atom stereocenters. The van der Waals surface area contributed by atoms with E-state index in [1.54, 1.807) is 18.2 Å². The summed E-state index contributed by atoms with van der Waals surface area (Å²) < 4.78 is 20.3. The number of fused-ring (bicyclic) bond motifs is 1. The van der Waals surface area contributed by atoms with Crippen molar-refractivity contribution in [2.75, 3.05) is 12.4 Å². The SMILES string of the molecule is CCc1ccc(-n2c(=O)ccc3cc(C(=O)Nc4ccc(OC)c(F)c4)[nH]c32)cc1. The van der Waals surface area contributed by atoms with E-state index in [0.717, 1.165) is 12.0 Å². The van der Waals surface area contributed by atoms with Crippen molar-refractivity contribution in [3.8, 4) is 11.4 Å². The predicted molar refractivity (Wildman–Crippen MR) is 114 cm³/mol. The van der Waals surface area contributed by atoms with Crippen LogP contribution in [0, 0.1) is 5.82 Å². The molecule has 0 bridgehead atoms. The molecule has 0 unspecified atom stereocenters. The molecule has 152 valence electrons. The third kappa shape index (κ3) is 3.57. The van der Waals surface area contributed by atoms with Gasteiger partial charge in [0.25, 0.3) is 11.5 Å². The second-order valence-corrected chi connectivity index (χ2v) is 6.82. The van der Waals surface area contributed by atoms with E-state index in [4.69, 9.17) is 4.74 Å². The van der Waals surface area contributed by atoms with Gasteiger partial charge in [0.05, 0.1) is 12.8 Å². The smallest absolute Gasteiger partial charge is 0.272 e. The Morgan fingerprint density at radius 2 is 1.87 bits per heavy atom. The lowest BCUT2D eigenvalue weighted by molar-refractivity contribution is 0.102. The fourth-order valence-electron chi connectivity index (χ4n) is 3.32. The fraction of sp³-hybridized carbons (Fsp3) is 0.130. The molecule has 0 aliphatic heterocycles. The van der Waals surface area contributed by atoms with Gasteiger partial charge in [-0.1, -0.05) is 19.1 Å². The number of methoxy groups -OCH3 is 1. The van der Waals surface area contributed by atoms with Gasteiger partial charge in [-0.05, 0) is 48.4 Å². The molecule has 0 radical (unpaired) electrons. The molecule has 4 rings (SSSR count). The Balaban J connectivity index is 1.70. The summed E-state index contributed by atoms with van der Waals surface area (Å²) in [7, 11) is 1.37. The minimum absolute atomic E-state index is 0.0942. The quantitative estimate of drug-likeness (QED) is 0.520. The zero-order valence-corrected chi connectivity index (χ0v) is 16.5. The number of anilines is 1. The number of benzene rings is 2. The third-order valence-corrected chi connectivity index (χ3v) is 4.93. The maximum atomic E-state index is 13.9. The van der Waals surface area contributed by atoms with Crippen molar-refractivity contribution < 1.29 is 13.9 Å². The van der Waals surface area contributed by atoms with Crippen LogP contribution in [0.3, 0.4) is 0 Å². The molecule has 7 heteroatoms. The van der Waals surface area contributed by atoms with Crippen LogP contribution in [0.15, 0.2) is 65.5 Å². The van der Waals surface area contributed by atoms with Crippen molar-refractivity contribution in [3.05, 3.63) is 88.1 Å². The van der Waals surface area contributed by atoms with Crippen LogP contribution in [-0.4, -0.2) is 22.6 Å². The average Bonchev–Trinajstić information content (AvgIpc) is 3.18. The topological polar surface area (TPSA) is 76.1 Å². The number of rotatable bonds is 5. The average molecular weight is 405 g/mol. The summed E-state index contributed by atoms with van der Waals surface area (Å²) in [6.07, 6.45) is 0.901. The van der Waals surface area contributed by atoms with E-state index >= 15 is 0 Å². The van der Waals surface area contributed by atoms with E-state index in [-0.39, 0.29) is 17.0 Å². The van der Waals surface area contributed by atoms with Gasteiger partial charge in [0.15, 0.2) is 11.6 Å². The Labute approximate surface area is 171 Å². The number of hydrogen-bond acceptors (Lipinski definition) is 3. The summed E-state index contributed by atoms with van der Waals surface area (Å²) in [6, 6.07) is 16.6. The van der Waals surface area contributed by atoms with Gasteiger partial charge < -0.3 is 15.0 Å². The van der Waals surface area contributed by atoms with Gasteiger partial charge in [-0.15, -0.1) is 0 Å². The number of pyridine rings is 1. The number of ether oxygens (including phenoxy) is 1. The van der Waals surface area contributed by atoms with Gasteiger partial charge in [0.2, 0.25) is 0 Å². The summed E-state index contributed by atoms with van der Waals surface area (Å²) in [4.78, 5) is 28.2. The number of carbonyl (C=O) groups excluding carboxylic acids is 1. The van der Waals surface area contributed by atoms with Crippen LogP contribution in [0.4, 0.5) is 10.1 Å². The minimum Gasteiger partial charge on any atom is -0.494 e. The van der Waals surface area contributed by atoms with Crippen molar-refractivity contribution in [1.82, 2.24) is 9.55 Å². The third-order valence-electron chi connectivity index (χ3n) is 4.93. The highest BCUT2D eigenvalue weighted by atomic mass is 19.1. The van der Waals surface area contributed by atoms with Crippen molar-refractivity contribution in [1.29, 1.82) is 0 Å². The predicted octanol–water partition coefficient (Wildman–Crippen LogP) is 4.28. The van der Waals surface area contributed by atoms with E-state index in [1.807, 2.05) is 24.3 Å². The Bertz CT molecular complexity index is 1290. The molecular formula is C23H20FN3O3. The summed E-state index contributed by atoms with van der Waals surface area (Å²) in [6.45, 7) is 2.06. The molecule has 6 nitrogen and oxygen atoms in total. The first kappa shape index (κ1) is 19.4. The number of amides is 1. The van der Waals surface area contributed by atoms with Crippen molar-refractivity contribution in [3.63, 3.8) is 0 Å². The molecule has 0 spiro atoms. The molecule has 2 aromatic carbocycles. The van der Waals surface area contributed by atoms with Gasteiger partial charge >= 0.3 is 0 Å². The first-order valence-corrected chi connectivity index (χ1v) is 9.49. The van der Waals surface area contributed by atoms with E-state index in [1.165, 1.54) is 29.9 Å². The van der Waals surface area contributed by atoms with E-state index in [0.29, 0.717) is 22.4 Å². The zero-order valence-electron chi connectivity index (χ0n) is 16.5. The van der Waals surface area contributed by atoms with Gasteiger partial charge in [0.1, 0.15) is 11.3 Å². The molecule has 2 N–H and O–H groups in total. The molecule has 1 amide bonds. The largest absolute Gasteiger partial charge is 0.494 e. The highest BCUT2D eigenvalue weighted by Crippen LogP contribution is 2.22. The fourth-order valence-corrected chi connectivity index (χ4v) is 3.32. The lowest BCUT2D eigenvalue weighted by Crippen LogP contribution is -2.17. The lowest BCUT2D eigenvalue weighted by atomic mass is 10.1. The second-order valence-electron chi connectivity index (χ2n) is 6.82. The molecule has 4 aromatic rings. The Hall–Kier alpha value is -3.87. The van der Waals surface area contributed by atoms with Crippen LogP contribution in [0.5, 0.6) is 5.75 Å². The lowest BCUT2D eigenvalue weighted by Gasteiger charge is -2.08. The Morgan fingerprint density at radius 3 is 2.53 bits per heavy atom. The van der Waals surface area contributed by atoms with Crippen molar-refractivity contribution in [2.24, 2.45) is 0 Å². The molecule has 30 heavy (non-hydrogen) atoms. The Morgan fingerprint density at radius 1 is 1.10 bits per heavy atom.